The highest BCUT2D eigenvalue weighted by Crippen LogP contribution is 2.63. The van der Waals surface area contributed by atoms with E-state index < -0.39 is 6.48 Å². The maximum atomic E-state index is 6.51. The fourth-order valence-corrected chi connectivity index (χ4v) is 5.11. The Kier molecular flexibility index (Phi) is 2.54. The molecule has 1 aliphatic heterocycles. The third kappa shape index (κ3) is 1.40. The lowest BCUT2D eigenvalue weighted by Crippen LogP contribution is -2.45. The van der Waals surface area contributed by atoms with E-state index in [1.807, 2.05) is 6.92 Å². The van der Waals surface area contributed by atoms with Gasteiger partial charge in [0.2, 0.25) is 0 Å². The zero-order chi connectivity index (χ0) is 12.3. The summed E-state index contributed by atoms with van der Waals surface area (Å²) in [6, 6.07) is 0.375. The number of hydrogen-bond acceptors (Lipinski definition) is 4. The van der Waals surface area contributed by atoms with Gasteiger partial charge in [-0.15, -0.1) is 0 Å². The molecule has 1 heterocycles. The van der Waals surface area contributed by atoms with Gasteiger partial charge in [-0.1, -0.05) is 0 Å². The summed E-state index contributed by atoms with van der Waals surface area (Å²) < 4.78 is 17.1. The Bertz CT molecular complexity index is 330. The number of ether oxygens (including phenoxy) is 3. The molecule has 4 fully saturated rings. The highest BCUT2D eigenvalue weighted by molar-refractivity contribution is 5.14. The minimum atomic E-state index is -0.433. The highest BCUT2D eigenvalue weighted by atomic mass is 16.9. The SMILES string of the molecule is CCOC1OC2CC3(C[C@H]2O1)[C@H]1CCC(C1)[C@@H]3N. The fraction of sp³-hybridized carbons (Fsp3) is 1.00. The zero-order valence-electron chi connectivity index (χ0n) is 11.0. The van der Waals surface area contributed by atoms with Gasteiger partial charge in [0.05, 0.1) is 12.2 Å². The van der Waals surface area contributed by atoms with Crippen molar-refractivity contribution in [3.8, 4) is 0 Å². The van der Waals surface area contributed by atoms with Gasteiger partial charge < -0.3 is 19.9 Å². The van der Waals surface area contributed by atoms with Gasteiger partial charge in [0.25, 0.3) is 6.48 Å². The molecule has 1 spiro atoms. The van der Waals surface area contributed by atoms with E-state index >= 15 is 0 Å². The summed E-state index contributed by atoms with van der Waals surface area (Å²) >= 11 is 0. The first-order valence-corrected chi connectivity index (χ1v) is 7.41. The Morgan fingerprint density at radius 1 is 1.22 bits per heavy atom. The molecule has 3 saturated carbocycles. The highest BCUT2D eigenvalue weighted by Gasteiger charge is 2.63. The van der Waals surface area contributed by atoms with Crippen LogP contribution < -0.4 is 5.73 Å². The van der Waals surface area contributed by atoms with Crippen LogP contribution in [0.1, 0.15) is 39.0 Å². The van der Waals surface area contributed by atoms with Crippen molar-refractivity contribution in [1.82, 2.24) is 0 Å². The van der Waals surface area contributed by atoms with Crippen LogP contribution in [0.3, 0.4) is 0 Å². The minimum Gasteiger partial charge on any atom is -0.330 e. The molecular formula is C14H23NO3. The third-order valence-corrected chi connectivity index (χ3v) is 5.91. The molecule has 0 radical (unpaired) electrons. The number of nitrogens with two attached hydrogens (primary N) is 1. The van der Waals surface area contributed by atoms with E-state index in [4.69, 9.17) is 19.9 Å². The van der Waals surface area contributed by atoms with Crippen LogP contribution in [0.2, 0.25) is 0 Å². The van der Waals surface area contributed by atoms with Crippen LogP contribution in [0.5, 0.6) is 0 Å². The number of fused-ring (bicyclic) bond motifs is 4. The van der Waals surface area contributed by atoms with Crippen LogP contribution in [0.15, 0.2) is 0 Å². The first kappa shape index (κ1) is 11.6. The van der Waals surface area contributed by atoms with Crippen LogP contribution in [-0.2, 0) is 14.2 Å². The second kappa shape index (κ2) is 3.92. The Morgan fingerprint density at radius 2 is 1.94 bits per heavy atom. The average Bonchev–Trinajstić information content (AvgIpc) is 3.02. The topological polar surface area (TPSA) is 53.7 Å². The molecule has 4 rings (SSSR count). The molecular weight excluding hydrogens is 230 g/mol. The average molecular weight is 253 g/mol. The summed E-state index contributed by atoms with van der Waals surface area (Å²) in [5.41, 5.74) is 6.83. The van der Waals surface area contributed by atoms with E-state index in [0.29, 0.717) is 18.1 Å². The Morgan fingerprint density at radius 3 is 2.50 bits per heavy atom. The molecule has 2 bridgehead atoms. The van der Waals surface area contributed by atoms with Gasteiger partial charge in [-0.25, -0.2) is 0 Å². The van der Waals surface area contributed by atoms with Crippen molar-refractivity contribution in [2.24, 2.45) is 23.0 Å². The minimum absolute atomic E-state index is 0.215. The molecule has 7 atom stereocenters. The lowest BCUT2D eigenvalue weighted by atomic mass is 9.69. The molecule has 0 aromatic carbocycles. The molecule has 4 aliphatic rings. The molecule has 18 heavy (non-hydrogen) atoms. The normalized spacial score (nSPS) is 57.7. The molecule has 1 saturated heterocycles. The van der Waals surface area contributed by atoms with Crippen molar-refractivity contribution >= 4 is 0 Å². The van der Waals surface area contributed by atoms with Gasteiger partial charge in [-0.3, -0.25) is 0 Å². The van der Waals surface area contributed by atoms with Crippen LogP contribution in [0.4, 0.5) is 0 Å². The van der Waals surface area contributed by atoms with Crippen molar-refractivity contribution in [3.05, 3.63) is 0 Å². The van der Waals surface area contributed by atoms with Gasteiger partial charge in [0.15, 0.2) is 0 Å². The fourth-order valence-electron chi connectivity index (χ4n) is 5.11. The molecule has 102 valence electrons. The lowest BCUT2D eigenvalue weighted by molar-refractivity contribution is -0.247. The maximum absolute atomic E-state index is 6.51. The Hall–Kier alpha value is -0.160. The standard InChI is InChI=1S/C14H23NO3/c1-2-16-13-17-10-6-14(7-11(10)18-13)9-4-3-8(5-9)12(14)15/h8-13H,2-7,15H2,1H3/t8?,9-,10+,11?,12-,13?,14?/m0/s1. The smallest absolute Gasteiger partial charge is 0.272 e. The first-order chi connectivity index (χ1) is 8.73. The monoisotopic (exact) mass is 253 g/mol. The van der Waals surface area contributed by atoms with Gasteiger partial charge in [0.1, 0.15) is 0 Å². The van der Waals surface area contributed by atoms with E-state index in [2.05, 4.69) is 0 Å². The summed E-state index contributed by atoms with van der Waals surface area (Å²) in [4.78, 5) is 0. The summed E-state index contributed by atoms with van der Waals surface area (Å²) in [5.74, 6) is 1.58. The van der Waals surface area contributed by atoms with Crippen LogP contribution in [0, 0.1) is 17.3 Å². The predicted octanol–water partition coefficient (Wildman–Crippen LogP) is 1.63. The number of hydrogen-bond donors (Lipinski definition) is 1. The van der Waals surface area contributed by atoms with Crippen molar-refractivity contribution in [3.63, 3.8) is 0 Å². The second-order valence-corrected chi connectivity index (χ2v) is 6.53. The first-order valence-electron chi connectivity index (χ1n) is 7.41. The van der Waals surface area contributed by atoms with E-state index in [9.17, 15) is 0 Å². The van der Waals surface area contributed by atoms with Gasteiger partial charge in [0, 0.05) is 12.6 Å². The van der Waals surface area contributed by atoms with Crippen molar-refractivity contribution in [2.45, 2.75) is 63.8 Å². The molecule has 2 N–H and O–H groups in total. The lowest BCUT2D eigenvalue weighted by Gasteiger charge is -2.40. The molecule has 4 heteroatoms. The largest absolute Gasteiger partial charge is 0.330 e. The van der Waals surface area contributed by atoms with Crippen molar-refractivity contribution in [1.29, 1.82) is 0 Å². The third-order valence-electron chi connectivity index (χ3n) is 5.91. The molecule has 0 amide bonds. The summed E-state index contributed by atoms with van der Waals surface area (Å²) in [5, 5.41) is 0. The Balaban J connectivity index is 1.50. The summed E-state index contributed by atoms with van der Waals surface area (Å²) in [7, 11) is 0. The zero-order valence-corrected chi connectivity index (χ0v) is 11.0. The maximum Gasteiger partial charge on any atom is 0.272 e. The van der Waals surface area contributed by atoms with E-state index in [1.165, 1.54) is 19.3 Å². The van der Waals surface area contributed by atoms with Crippen LogP contribution in [-0.4, -0.2) is 31.3 Å². The molecule has 0 aromatic heterocycles. The Labute approximate surface area is 108 Å². The van der Waals surface area contributed by atoms with Crippen LogP contribution in [0.25, 0.3) is 0 Å². The number of rotatable bonds is 2. The second-order valence-electron chi connectivity index (χ2n) is 6.53. The van der Waals surface area contributed by atoms with Crippen molar-refractivity contribution in [2.75, 3.05) is 6.61 Å². The van der Waals surface area contributed by atoms with E-state index in [-0.39, 0.29) is 12.2 Å². The molecule has 4 unspecified atom stereocenters. The molecule has 3 aliphatic carbocycles. The predicted molar refractivity (Wildman–Crippen MR) is 65.6 cm³/mol. The summed E-state index contributed by atoms with van der Waals surface area (Å²) in [6.07, 6.45) is 6.65. The molecule has 0 aromatic rings. The van der Waals surface area contributed by atoms with Gasteiger partial charge in [-0.2, -0.15) is 0 Å². The van der Waals surface area contributed by atoms with Gasteiger partial charge >= 0.3 is 0 Å². The summed E-state index contributed by atoms with van der Waals surface area (Å²) in [6.45, 7) is 2.17. The van der Waals surface area contributed by atoms with Gasteiger partial charge in [-0.05, 0) is 56.3 Å². The van der Waals surface area contributed by atoms with E-state index in [1.54, 1.807) is 0 Å². The quantitative estimate of drug-likeness (QED) is 0.812. The van der Waals surface area contributed by atoms with Crippen molar-refractivity contribution < 1.29 is 14.2 Å². The van der Waals surface area contributed by atoms with Crippen LogP contribution >= 0.6 is 0 Å². The molecule has 4 nitrogen and oxygen atoms in total. The van der Waals surface area contributed by atoms with E-state index in [0.717, 1.165) is 24.7 Å².